The van der Waals surface area contributed by atoms with Crippen LogP contribution in [-0.2, 0) is 4.74 Å². The molecule has 0 radical (unpaired) electrons. The molecule has 2 fully saturated rings. The van der Waals surface area contributed by atoms with E-state index >= 15 is 0 Å². The van der Waals surface area contributed by atoms with Crippen molar-refractivity contribution in [3.63, 3.8) is 0 Å². The predicted molar refractivity (Wildman–Crippen MR) is 119 cm³/mol. The molecule has 2 aromatic carbocycles. The van der Waals surface area contributed by atoms with Crippen LogP contribution in [0.25, 0.3) is 11.0 Å². The number of hydrogen-bond donors (Lipinski definition) is 2. The number of imidazole rings is 1. The molecule has 30 heavy (non-hydrogen) atoms. The van der Waals surface area contributed by atoms with Crippen molar-refractivity contribution in [2.75, 3.05) is 33.2 Å². The van der Waals surface area contributed by atoms with Crippen molar-refractivity contribution < 1.29 is 4.74 Å². The summed E-state index contributed by atoms with van der Waals surface area (Å²) in [6, 6.07) is 16.6. The van der Waals surface area contributed by atoms with Crippen molar-refractivity contribution in [2.45, 2.75) is 25.0 Å². The van der Waals surface area contributed by atoms with E-state index in [0.29, 0.717) is 5.92 Å². The number of H-pyrrole nitrogens is 1. The molecule has 5 rings (SSSR count). The maximum absolute atomic E-state index is 6.68. The minimum absolute atomic E-state index is 0.224. The van der Waals surface area contributed by atoms with Gasteiger partial charge in [0, 0.05) is 37.7 Å². The van der Waals surface area contributed by atoms with Gasteiger partial charge in [0.2, 0.25) is 0 Å². The number of ether oxygens (including phenoxy) is 1. The van der Waals surface area contributed by atoms with Gasteiger partial charge < -0.3 is 19.9 Å². The summed E-state index contributed by atoms with van der Waals surface area (Å²) in [5.74, 6) is 8.05. The molecular formula is C25H28N4O. The quantitative estimate of drug-likeness (QED) is 0.660. The maximum atomic E-state index is 6.68. The first-order valence-corrected chi connectivity index (χ1v) is 10.9. The second kappa shape index (κ2) is 8.61. The standard InChI is InChI=1S/C25H28N4O/c1-29-13-11-21(12-14-29)30-24(25-27-22-7-2-3-8-23(22)28-25)20-6-4-5-18(15-20)9-10-19-16-26-17-19/h2-8,15,19,21,24,26H,11-14,16-17H2,1H3,(H,27,28). The second-order valence-electron chi connectivity index (χ2n) is 8.41. The Morgan fingerprint density at radius 3 is 2.70 bits per heavy atom. The summed E-state index contributed by atoms with van der Waals surface area (Å²) in [4.78, 5) is 10.7. The van der Waals surface area contributed by atoms with Crippen LogP contribution in [0.1, 0.15) is 35.9 Å². The third-order valence-corrected chi connectivity index (χ3v) is 6.04. The van der Waals surface area contributed by atoms with E-state index in [1.165, 1.54) is 0 Å². The Labute approximate surface area is 177 Å². The van der Waals surface area contributed by atoms with E-state index in [1.54, 1.807) is 0 Å². The van der Waals surface area contributed by atoms with Crippen LogP contribution in [0.2, 0.25) is 0 Å². The van der Waals surface area contributed by atoms with Crippen molar-refractivity contribution in [3.8, 4) is 11.8 Å². The van der Waals surface area contributed by atoms with Crippen LogP contribution >= 0.6 is 0 Å². The lowest BCUT2D eigenvalue weighted by Gasteiger charge is -2.31. The van der Waals surface area contributed by atoms with Crippen LogP contribution in [0.15, 0.2) is 48.5 Å². The number of para-hydroxylation sites is 2. The van der Waals surface area contributed by atoms with Gasteiger partial charge in [-0.25, -0.2) is 4.98 Å². The van der Waals surface area contributed by atoms with Gasteiger partial charge in [0.15, 0.2) is 0 Å². The number of aromatic amines is 1. The van der Waals surface area contributed by atoms with E-state index in [4.69, 9.17) is 9.72 Å². The molecule has 0 aliphatic carbocycles. The average molecular weight is 401 g/mol. The van der Waals surface area contributed by atoms with Crippen LogP contribution in [-0.4, -0.2) is 54.2 Å². The summed E-state index contributed by atoms with van der Waals surface area (Å²) in [5, 5.41) is 3.27. The molecule has 5 nitrogen and oxygen atoms in total. The number of likely N-dealkylation sites (tertiary alicyclic amines) is 1. The molecule has 0 bridgehead atoms. The van der Waals surface area contributed by atoms with E-state index in [2.05, 4.69) is 64.4 Å². The first-order valence-electron chi connectivity index (χ1n) is 10.9. The summed E-state index contributed by atoms with van der Waals surface area (Å²) in [7, 11) is 2.17. The van der Waals surface area contributed by atoms with E-state index in [0.717, 1.165) is 67.0 Å². The third kappa shape index (κ3) is 4.27. The van der Waals surface area contributed by atoms with Gasteiger partial charge >= 0.3 is 0 Å². The Hall–Kier alpha value is -2.65. The Balaban J connectivity index is 1.46. The number of hydrogen-bond acceptors (Lipinski definition) is 4. The molecule has 1 atom stereocenters. The van der Waals surface area contributed by atoms with Crippen LogP contribution in [0.3, 0.4) is 0 Å². The van der Waals surface area contributed by atoms with Gasteiger partial charge in [-0.15, -0.1) is 0 Å². The van der Waals surface area contributed by atoms with E-state index < -0.39 is 0 Å². The highest BCUT2D eigenvalue weighted by molar-refractivity contribution is 5.74. The molecule has 154 valence electrons. The zero-order chi connectivity index (χ0) is 20.3. The summed E-state index contributed by atoms with van der Waals surface area (Å²) < 4.78 is 6.68. The van der Waals surface area contributed by atoms with Gasteiger partial charge in [-0.2, -0.15) is 0 Å². The van der Waals surface area contributed by atoms with Gasteiger partial charge in [-0.05, 0) is 49.7 Å². The molecule has 2 aliphatic rings. The fraction of sp³-hybridized carbons (Fsp3) is 0.400. The highest BCUT2D eigenvalue weighted by atomic mass is 16.5. The zero-order valence-corrected chi connectivity index (χ0v) is 17.4. The third-order valence-electron chi connectivity index (χ3n) is 6.04. The molecule has 2 saturated heterocycles. The summed E-state index contributed by atoms with van der Waals surface area (Å²) >= 11 is 0. The molecule has 0 amide bonds. The Bertz CT molecular complexity index is 1030. The van der Waals surface area contributed by atoms with Gasteiger partial charge in [-0.3, -0.25) is 0 Å². The number of rotatable bonds is 4. The molecule has 1 aromatic heterocycles. The van der Waals surface area contributed by atoms with Crippen LogP contribution < -0.4 is 5.32 Å². The predicted octanol–water partition coefficient (Wildman–Crippen LogP) is 3.33. The Kier molecular flexibility index (Phi) is 5.54. The topological polar surface area (TPSA) is 53.2 Å². The molecule has 2 N–H and O–H groups in total. The van der Waals surface area contributed by atoms with E-state index in [-0.39, 0.29) is 12.2 Å². The molecule has 0 spiro atoms. The number of nitrogens with one attached hydrogen (secondary N) is 2. The minimum Gasteiger partial charge on any atom is -0.362 e. The lowest BCUT2D eigenvalue weighted by atomic mass is 10.0. The number of fused-ring (bicyclic) bond motifs is 1. The van der Waals surface area contributed by atoms with Crippen molar-refractivity contribution >= 4 is 11.0 Å². The summed E-state index contributed by atoms with van der Waals surface area (Å²) in [5.41, 5.74) is 4.15. The molecular weight excluding hydrogens is 372 g/mol. The highest BCUT2D eigenvalue weighted by Gasteiger charge is 2.26. The van der Waals surface area contributed by atoms with Gasteiger partial charge in [-0.1, -0.05) is 36.1 Å². The Morgan fingerprint density at radius 2 is 1.93 bits per heavy atom. The van der Waals surface area contributed by atoms with Crippen LogP contribution in [0.5, 0.6) is 0 Å². The number of piperidine rings is 1. The summed E-state index contributed by atoms with van der Waals surface area (Å²) in [6.45, 7) is 4.12. The van der Waals surface area contributed by atoms with Crippen LogP contribution in [0.4, 0.5) is 0 Å². The van der Waals surface area contributed by atoms with Crippen molar-refractivity contribution in [2.24, 2.45) is 5.92 Å². The molecule has 0 saturated carbocycles. The largest absolute Gasteiger partial charge is 0.362 e. The van der Waals surface area contributed by atoms with Crippen LogP contribution in [0, 0.1) is 17.8 Å². The first-order chi connectivity index (χ1) is 14.7. The number of nitrogens with zero attached hydrogens (tertiary/aromatic N) is 2. The first kappa shape index (κ1) is 19.3. The number of benzene rings is 2. The molecule has 1 unspecified atom stereocenters. The lowest BCUT2D eigenvalue weighted by molar-refractivity contribution is -0.0264. The smallest absolute Gasteiger partial charge is 0.141 e. The van der Waals surface area contributed by atoms with Gasteiger partial charge in [0.1, 0.15) is 11.9 Å². The Morgan fingerprint density at radius 1 is 1.10 bits per heavy atom. The van der Waals surface area contributed by atoms with E-state index in [1.807, 2.05) is 18.2 Å². The molecule has 5 heteroatoms. The zero-order valence-electron chi connectivity index (χ0n) is 17.4. The lowest BCUT2D eigenvalue weighted by Crippen LogP contribution is -2.40. The van der Waals surface area contributed by atoms with E-state index in [9.17, 15) is 0 Å². The molecule has 2 aliphatic heterocycles. The second-order valence-corrected chi connectivity index (χ2v) is 8.41. The summed E-state index contributed by atoms with van der Waals surface area (Å²) in [6.07, 6.45) is 2.09. The molecule has 3 aromatic rings. The minimum atomic E-state index is -0.224. The average Bonchev–Trinajstić information content (AvgIpc) is 3.16. The van der Waals surface area contributed by atoms with Crippen molar-refractivity contribution in [1.82, 2.24) is 20.2 Å². The fourth-order valence-electron chi connectivity index (χ4n) is 4.07. The highest BCUT2D eigenvalue weighted by Crippen LogP contribution is 2.30. The monoisotopic (exact) mass is 400 g/mol. The van der Waals surface area contributed by atoms with Gasteiger partial charge in [0.05, 0.1) is 17.1 Å². The van der Waals surface area contributed by atoms with Gasteiger partial charge in [0.25, 0.3) is 0 Å². The SMILES string of the molecule is CN1CCC(OC(c2cccc(C#CC3CNC3)c2)c2nc3ccccc3[nH]2)CC1. The normalized spacial score (nSPS) is 19.2. The maximum Gasteiger partial charge on any atom is 0.141 e. The van der Waals surface area contributed by atoms with Crippen molar-refractivity contribution in [1.29, 1.82) is 0 Å². The van der Waals surface area contributed by atoms with Crippen molar-refractivity contribution in [3.05, 3.63) is 65.5 Å². The fourth-order valence-corrected chi connectivity index (χ4v) is 4.07. The molecule has 3 heterocycles. The number of aromatic nitrogens is 2.